The molecule has 0 bridgehead atoms. The van der Waals surface area contributed by atoms with Gasteiger partial charge < -0.3 is 24.0 Å². The lowest BCUT2D eigenvalue weighted by Gasteiger charge is -2.51. The number of thiophene rings is 1. The number of rotatable bonds is 4. The molecule has 9 aromatic carbocycles. The molecule has 82 heavy (non-hydrogen) atoms. The Morgan fingerprint density at radius 2 is 0.927 bits per heavy atom. The molecule has 404 valence electrons. The van der Waals surface area contributed by atoms with Gasteiger partial charge in [-0.25, -0.2) is 0 Å². The summed E-state index contributed by atoms with van der Waals surface area (Å²) in [6.07, 6.45) is 9.64. The fourth-order valence-corrected chi connectivity index (χ4v) is 19.4. The van der Waals surface area contributed by atoms with E-state index in [1.807, 2.05) is 11.3 Å². The molecule has 0 spiro atoms. The molecule has 0 saturated heterocycles. The van der Waals surface area contributed by atoms with Crippen LogP contribution in [-0.4, -0.2) is 17.8 Å². The van der Waals surface area contributed by atoms with Crippen LogP contribution in [0.1, 0.15) is 118 Å². The van der Waals surface area contributed by atoms with Gasteiger partial charge in [-0.3, -0.25) is 0 Å². The zero-order valence-corrected chi connectivity index (χ0v) is 49.7. The monoisotopic (exact) mass is 1080 g/mol. The molecule has 6 heterocycles. The van der Waals surface area contributed by atoms with Crippen LogP contribution >= 0.6 is 11.3 Å². The van der Waals surface area contributed by atoms with Crippen LogP contribution in [-0.2, 0) is 10.8 Å². The highest BCUT2D eigenvalue weighted by Crippen LogP contribution is 2.64. The number of hydrogen-bond acceptors (Lipinski definition) is 6. The van der Waals surface area contributed by atoms with E-state index in [2.05, 4.69) is 240 Å². The highest BCUT2D eigenvalue weighted by molar-refractivity contribution is 7.25. The van der Waals surface area contributed by atoms with Gasteiger partial charge in [-0.2, -0.15) is 0 Å². The van der Waals surface area contributed by atoms with E-state index >= 15 is 0 Å². The molecule has 7 heteroatoms. The van der Waals surface area contributed by atoms with Crippen molar-refractivity contribution in [2.75, 3.05) is 19.6 Å². The average molecular weight is 1090 g/mol. The maximum atomic E-state index is 7.10. The van der Waals surface area contributed by atoms with Gasteiger partial charge in [0.1, 0.15) is 5.58 Å². The van der Waals surface area contributed by atoms with Crippen molar-refractivity contribution in [3.8, 4) is 0 Å². The summed E-state index contributed by atoms with van der Waals surface area (Å²) >= 11 is 1.90. The number of para-hydroxylation sites is 2. The Morgan fingerprint density at radius 1 is 0.415 bits per heavy atom. The highest BCUT2D eigenvalue weighted by atomic mass is 32.1. The summed E-state index contributed by atoms with van der Waals surface area (Å²) in [5.74, 6) is 0. The van der Waals surface area contributed by atoms with Crippen LogP contribution in [0.15, 0.2) is 162 Å². The lowest BCUT2D eigenvalue weighted by molar-refractivity contribution is 0.194. The SMILES string of the molecule is Cc1cc2c3c(c1)N(c1cccc4c1oc1ccccc14)c1cc(N4c5cc(C)cc(C)c5C5(C)CCCCC45C)ccc1B3c1ccc(N3c4cc(C)cc(C)c4C4(C)CCCCC34C)cc1N2c1ccc2c(c1)sc1ccccc12. The van der Waals surface area contributed by atoms with E-state index in [0.717, 1.165) is 40.5 Å². The summed E-state index contributed by atoms with van der Waals surface area (Å²) in [4.78, 5) is 10.9. The number of anilines is 10. The Morgan fingerprint density at radius 3 is 1.57 bits per heavy atom. The molecule has 2 aliphatic carbocycles. The first-order valence-corrected chi connectivity index (χ1v) is 31.2. The van der Waals surface area contributed by atoms with E-state index in [0.29, 0.717) is 0 Å². The Balaban J connectivity index is 0.954. The number of furan rings is 1. The fraction of sp³-hybridized carbons (Fsp3) is 0.280. The minimum Gasteiger partial charge on any atom is -0.454 e. The molecule has 2 saturated carbocycles. The van der Waals surface area contributed by atoms with Gasteiger partial charge in [-0.05, 0) is 208 Å². The van der Waals surface area contributed by atoms with Gasteiger partial charge in [0.05, 0.1) is 16.8 Å². The molecule has 2 fully saturated rings. The average Bonchev–Trinajstić information content (AvgIpc) is 3.13. The molecule has 0 N–H and O–H groups in total. The maximum absolute atomic E-state index is 7.10. The highest BCUT2D eigenvalue weighted by Gasteiger charge is 2.60. The first kappa shape index (κ1) is 48.9. The molecular weight excluding hydrogens is 1020 g/mol. The lowest BCUT2D eigenvalue weighted by atomic mass is 9.33. The molecule has 2 aromatic heterocycles. The third-order valence-electron chi connectivity index (χ3n) is 22.0. The molecule has 11 aromatic rings. The first-order valence-electron chi connectivity index (χ1n) is 30.4. The van der Waals surface area contributed by atoms with Crippen LogP contribution in [0.5, 0.6) is 0 Å². The summed E-state index contributed by atoms with van der Waals surface area (Å²) in [6, 6.07) is 61.6. The molecular formula is C75H69BN4OS. The standard InChI is InChI=1S/C75H69BN4OS/c1-44-35-47(4)68-61(37-44)79(74(8)33-16-14-31-72(68,74)6)50-26-29-56-59(41-50)77(49-25-28-54-53-20-11-13-24-66(53)82-67(54)43-49)63-39-46(3)40-64-70(63)76(56)57-30-27-51(80-62-38-45(2)36-48(5)69(62)73(7)32-15-17-34-75(73,80)9)42-60(57)78(64)58-22-18-21-55-52-19-10-12-23-65(52)81-71(55)58/h10-13,18-30,35-43H,14-17,31-34H2,1-9H3. The van der Waals surface area contributed by atoms with Gasteiger partial charge in [0.25, 0.3) is 6.71 Å². The predicted molar refractivity (Wildman–Crippen MR) is 350 cm³/mol. The number of nitrogens with zero attached hydrogens (tertiary/aromatic N) is 4. The second kappa shape index (κ2) is 16.7. The van der Waals surface area contributed by atoms with E-state index in [1.165, 1.54) is 160 Å². The van der Waals surface area contributed by atoms with E-state index < -0.39 is 0 Å². The van der Waals surface area contributed by atoms with Crippen molar-refractivity contribution >= 4 is 133 Å². The molecule has 4 aliphatic heterocycles. The topological polar surface area (TPSA) is 26.1 Å². The fourth-order valence-electron chi connectivity index (χ4n) is 18.2. The zero-order valence-electron chi connectivity index (χ0n) is 48.9. The van der Waals surface area contributed by atoms with Gasteiger partial charge in [-0.1, -0.05) is 118 Å². The van der Waals surface area contributed by atoms with Crippen LogP contribution < -0.4 is 36.0 Å². The molecule has 0 amide bonds. The Labute approximate surface area is 486 Å². The van der Waals surface area contributed by atoms with Gasteiger partial charge in [-0.15, -0.1) is 11.3 Å². The third kappa shape index (κ3) is 6.20. The maximum Gasteiger partial charge on any atom is 0.252 e. The van der Waals surface area contributed by atoms with Crippen LogP contribution in [0.2, 0.25) is 0 Å². The van der Waals surface area contributed by atoms with Crippen LogP contribution in [0.3, 0.4) is 0 Å². The van der Waals surface area contributed by atoms with E-state index in [4.69, 9.17) is 4.42 Å². The summed E-state index contributed by atoms with van der Waals surface area (Å²) < 4.78 is 9.72. The summed E-state index contributed by atoms with van der Waals surface area (Å²) in [5.41, 5.74) is 27.8. The molecule has 6 aliphatic rings. The van der Waals surface area contributed by atoms with Crippen molar-refractivity contribution in [2.24, 2.45) is 0 Å². The van der Waals surface area contributed by atoms with E-state index in [1.54, 1.807) is 5.56 Å². The number of benzene rings is 9. The van der Waals surface area contributed by atoms with Crippen molar-refractivity contribution in [2.45, 2.75) is 136 Å². The van der Waals surface area contributed by atoms with Gasteiger partial charge in [0.2, 0.25) is 0 Å². The number of fused-ring (bicyclic) bond motifs is 16. The van der Waals surface area contributed by atoms with Crippen LogP contribution in [0.4, 0.5) is 56.9 Å². The van der Waals surface area contributed by atoms with Crippen molar-refractivity contribution < 1.29 is 4.42 Å². The quantitative estimate of drug-likeness (QED) is 0.164. The van der Waals surface area contributed by atoms with Crippen molar-refractivity contribution in [3.63, 3.8) is 0 Å². The van der Waals surface area contributed by atoms with Gasteiger partial charge >= 0.3 is 0 Å². The van der Waals surface area contributed by atoms with Gasteiger partial charge in [0.15, 0.2) is 5.58 Å². The molecule has 5 nitrogen and oxygen atoms in total. The second-order valence-corrected chi connectivity index (χ2v) is 27.7. The number of aryl methyl sites for hydroxylation is 5. The van der Waals surface area contributed by atoms with Crippen LogP contribution in [0.25, 0.3) is 42.1 Å². The third-order valence-corrected chi connectivity index (χ3v) is 23.1. The lowest BCUT2D eigenvalue weighted by Crippen LogP contribution is -2.61. The van der Waals surface area contributed by atoms with Crippen molar-refractivity contribution in [1.29, 1.82) is 0 Å². The minimum absolute atomic E-state index is 0.00808. The Bertz CT molecular complexity index is 4630. The normalized spacial score (nSPS) is 23.1. The number of hydrogen-bond donors (Lipinski definition) is 0. The molecule has 0 radical (unpaired) electrons. The molecule has 4 unspecified atom stereocenters. The molecule has 4 atom stereocenters. The second-order valence-electron chi connectivity index (χ2n) is 26.6. The van der Waals surface area contributed by atoms with E-state index in [9.17, 15) is 0 Å². The largest absolute Gasteiger partial charge is 0.454 e. The summed E-state index contributed by atoms with van der Waals surface area (Å²) in [5, 5.41) is 4.90. The van der Waals surface area contributed by atoms with E-state index in [-0.39, 0.29) is 28.6 Å². The zero-order chi connectivity index (χ0) is 55.5. The predicted octanol–water partition coefficient (Wildman–Crippen LogP) is 19.1. The summed E-state index contributed by atoms with van der Waals surface area (Å²) in [6.45, 7) is 21.9. The van der Waals surface area contributed by atoms with Gasteiger partial charge in [0, 0.05) is 93.0 Å². The minimum atomic E-state index is -0.111. The molecule has 17 rings (SSSR count). The van der Waals surface area contributed by atoms with Crippen LogP contribution in [0, 0.1) is 34.6 Å². The summed E-state index contributed by atoms with van der Waals surface area (Å²) in [7, 11) is 0. The smallest absolute Gasteiger partial charge is 0.252 e. The van der Waals surface area contributed by atoms with Crippen molar-refractivity contribution in [3.05, 3.63) is 197 Å². The Kier molecular flexibility index (Phi) is 9.98. The van der Waals surface area contributed by atoms with Crippen molar-refractivity contribution in [1.82, 2.24) is 0 Å². The first-order chi connectivity index (χ1) is 39.7. The Hall–Kier alpha value is -7.74.